The van der Waals surface area contributed by atoms with Crippen molar-refractivity contribution in [3.05, 3.63) is 121 Å². The lowest BCUT2D eigenvalue weighted by molar-refractivity contribution is -0.390. The first-order valence-electron chi connectivity index (χ1n) is 11.6. The van der Waals surface area contributed by atoms with E-state index < -0.39 is 47.9 Å². The van der Waals surface area contributed by atoms with E-state index >= 15 is 0 Å². The van der Waals surface area contributed by atoms with Crippen molar-refractivity contribution in [2.75, 3.05) is 11.1 Å². The fourth-order valence-electron chi connectivity index (χ4n) is 3.09. The smallest absolute Gasteiger partial charge is 0.337 e. The number of nitrogens with zero attached hydrogens (tertiary/aromatic N) is 4. The second-order valence-electron chi connectivity index (χ2n) is 8.39. The van der Waals surface area contributed by atoms with Crippen molar-refractivity contribution in [2.45, 2.75) is 13.8 Å². The first-order valence-corrected chi connectivity index (χ1v) is 14.0. The van der Waals surface area contributed by atoms with E-state index in [1.807, 2.05) is 6.92 Å². The average Bonchev–Trinajstić information content (AvgIpc) is 3.56. The molecule has 0 aliphatic rings. The molecule has 4 rings (SSSR count). The number of benzene rings is 2. The van der Waals surface area contributed by atoms with Crippen LogP contribution in [0, 0.1) is 54.3 Å². The van der Waals surface area contributed by atoms with Crippen LogP contribution in [-0.2, 0) is 0 Å². The summed E-state index contributed by atoms with van der Waals surface area (Å²) in [6, 6.07) is 11.3. The number of carboxylic acid groups (broad SMARTS) is 1. The van der Waals surface area contributed by atoms with Crippen molar-refractivity contribution in [1.82, 2.24) is 0 Å². The molecular weight excluding hydrogens is 683 g/mol. The molecule has 4 N–H and O–H groups in total. The van der Waals surface area contributed by atoms with E-state index in [4.69, 9.17) is 34.0 Å². The van der Waals surface area contributed by atoms with Gasteiger partial charge in [-0.25, -0.2) is 4.79 Å². The number of nitro groups is 4. The van der Waals surface area contributed by atoms with Crippen molar-refractivity contribution >= 4 is 89.1 Å². The number of thiophene rings is 2. The number of aryl methyl sites for hydroxylation is 2. The number of carbonyl (C=O) groups is 2. The second-order valence-corrected chi connectivity index (χ2v) is 11.3. The van der Waals surface area contributed by atoms with Crippen LogP contribution in [-0.4, -0.2) is 36.7 Å². The Kier molecular flexibility index (Phi) is 12.4. The molecule has 4 aromatic rings. The fraction of sp³-hybridized carbons (Fsp3) is 0.0833. The number of nitrogens with two attached hydrogens (primary N) is 1. The fourth-order valence-corrected chi connectivity index (χ4v) is 5.03. The monoisotopic (exact) mass is 700 g/mol. The molecule has 0 aliphatic carbocycles. The van der Waals surface area contributed by atoms with Gasteiger partial charge in [0.05, 0.1) is 40.9 Å². The number of carbonyl (C=O) groups excluding carboxylic acids is 1. The topological polar surface area (TPSA) is 265 Å². The molecule has 0 bridgehead atoms. The first kappa shape index (κ1) is 36.0. The molecule has 0 fully saturated rings. The van der Waals surface area contributed by atoms with E-state index in [-0.39, 0.29) is 36.2 Å². The predicted octanol–water partition coefficient (Wildman–Crippen LogP) is 7.27. The van der Waals surface area contributed by atoms with Gasteiger partial charge in [0.15, 0.2) is 10.0 Å². The number of nitrogen functional groups attached to an aromatic ring is 1. The van der Waals surface area contributed by atoms with Gasteiger partial charge >= 0.3 is 27.3 Å². The Labute approximate surface area is 269 Å². The Morgan fingerprint density at radius 3 is 1.58 bits per heavy atom. The van der Waals surface area contributed by atoms with Crippen LogP contribution in [0.2, 0.25) is 10.0 Å². The van der Waals surface area contributed by atoms with Crippen molar-refractivity contribution < 1.29 is 34.4 Å². The lowest BCUT2D eigenvalue weighted by Gasteiger charge is -2.05. The summed E-state index contributed by atoms with van der Waals surface area (Å²) in [5.41, 5.74) is 6.17. The third-order valence-corrected chi connectivity index (χ3v) is 7.68. The van der Waals surface area contributed by atoms with Crippen LogP contribution in [0.5, 0.6) is 0 Å². The number of halogens is 2. The van der Waals surface area contributed by atoms with Gasteiger partial charge in [-0.2, -0.15) is 0 Å². The van der Waals surface area contributed by atoms with Crippen molar-refractivity contribution in [2.24, 2.45) is 0 Å². The van der Waals surface area contributed by atoms with Crippen molar-refractivity contribution in [3.8, 4) is 0 Å². The summed E-state index contributed by atoms with van der Waals surface area (Å²) in [4.78, 5) is 61.5. The summed E-state index contributed by atoms with van der Waals surface area (Å²) in [5, 5.41) is 52.2. The van der Waals surface area contributed by atoms with Crippen LogP contribution in [0.25, 0.3) is 0 Å². The van der Waals surface area contributed by atoms with Crippen LogP contribution >= 0.6 is 45.9 Å². The summed E-state index contributed by atoms with van der Waals surface area (Å²) in [7, 11) is 0. The number of amides is 1. The number of carboxylic acids is 1. The van der Waals surface area contributed by atoms with Crippen molar-refractivity contribution in [1.29, 1.82) is 0 Å². The minimum Gasteiger partial charge on any atom is -0.478 e. The molecule has 0 saturated carbocycles. The first-order chi connectivity index (χ1) is 20.9. The summed E-state index contributed by atoms with van der Waals surface area (Å²) in [5.74, 6) is -1.66. The molecule has 2 aromatic carbocycles. The molecule has 2 aromatic heterocycles. The molecule has 0 aliphatic heterocycles. The SMILES string of the molecule is Cc1ccc(Cl)c(C(=O)Nc2sc([N+](=O)[O-])cc2[N+](=O)[O-])c1.Cc1ccc(Cl)c(C(=O)O)c1.Nc1sc([N+](=O)[O-])cc1[N+](=O)[O-]. The van der Waals surface area contributed by atoms with E-state index in [1.54, 1.807) is 31.2 Å². The Hall–Kier alpha value is -5.24. The molecule has 17 nitrogen and oxygen atoms in total. The second kappa shape index (κ2) is 15.5. The molecule has 0 radical (unpaired) electrons. The zero-order valence-electron chi connectivity index (χ0n) is 22.6. The van der Waals surface area contributed by atoms with Crippen LogP contribution in [0.1, 0.15) is 31.8 Å². The minimum absolute atomic E-state index is 0.131. The van der Waals surface area contributed by atoms with E-state index in [2.05, 4.69) is 5.32 Å². The summed E-state index contributed by atoms with van der Waals surface area (Å²) >= 11 is 12.6. The van der Waals surface area contributed by atoms with Gasteiger partial charge in [-0.3, -0.25) is 45.3 Å². The molecule has 0 saturated heterocycles. The molecule has 2 heterocycles. The van der Waals surface area contributed by atoms with Gasteiger partial charge in [0, 0.05) is 0 Å². The average molecular weight is 701 g/mol. The van der Waals surface area contributed by atoms with E-state index in [0.717, 1.165) is 23.3 Å². The number of hydrogen-bond acceptors (Lipinski definition) is 13. The normalized spacial score (nSPS) is 9.96. The van der Waals surface area contributed by atoms with E-state index in [0.29, 0.717) is 22.7 Å². The van der Waals surface area contributed by atoms with Crippen LogP contribution in [0.3, 0.4) is 0 Å². The Bertz CT molecular complexity index is 1830. The summed E-state index contributed by atoms with van der Waals surface area (Å²) < 4.78 is 0. The number of rotatable bonds is 7. The maximum Gasteiger partial charge on any atom is 0.337 e. The highest BCUT2D eigenvalue weighted by molar-refractivity contribution is 7.20. The number of hydrogen-bond donors (Lipinski definition) is 3. The summed E-state index contributed by atoms with van der Waals surface area (Å²) in [6.45, 7) is 3.58. The molecule has 0 atom stereocenters. The third kappa shape index (κ3) is 9.89. The van der Waals surface area contributed by atoms with Gasteiger partial charge in [-0.15, -0.1) is 0 Å². The van der Waals surface area contributed by atoms with Gasteiger partial charge in [0.1, 0.15) is 12.1 Å². The molecule has 0 spiro atoms. The molecular formula is C24H18Cl2N6O11S2. The van der Waals surface area contributed by atoms with Gasteiger partial charge in [0.25, 0.3) is 5.91 Å². The van der Waals surface area contributed by atoms with Gasteiger partial charge in [-0.05, 0) is 60.8 Å². The zero-order chi connectivity index (χ0) is 34.2. The highest BCUT2D eigenvalue weighted by Gasteiger charge is 2.27. The molecule has 1 amide bonds. The largest absolute Gasteiger partial charge is 0.478 e. The van der Waals surface area contributed by atoms with Crippen molar-refractivity contribution in [3.63, 3.8) is 0 Å². The molecule has 45 heavy (non-hydrogen) atoms. The zero-order valence-corrected chi connectivity index (χ0v) is 25.7. The maximum absolute atomic E-state index is 12.2. The van der Waals surface area contributed by atoms with Gasteiger partial charge < -0.3 is 16.2 Å². The highest BCUT2D eigenvalue weighted by atomic mass is 35.5. The van der Waals surface area contributed by atoms with E-state index in [1.165, 1.54) is 12.1 Å². The Balaban J connectivity index is 0.000000259. The van der Waals surface area contributed by atoms with Crippen LogP contribution in [0.15, 0.2) is 48.5 Å². The lowest BCUT2D eigenvalue weighted by Crippen LogP contribution is -2.12. The molecule has 21 heteroatoms. The standard InChI is InChI=1S/C12H8ClN3O5S.C8H7ClO2.C4H3N3O4S/c1-6-2-3-8(13)7(4-6)11(17)14-12-9(15(18)19)5-10(22-12)16(20)21;1-5-2-3-7(9)6(4-5)8(10)11;5-4-2(6(8)9)1-3(12-4)7(10)11/h2-5H,1H3,(H,14,17);2-4H,1H3,(H,10,11);1H,5H2. The molecule has 236 valence electrons. The van der Waals surface area contributed by atoms with Crippen LogP contribution in [0.4, 0.5) is 31.4 Å². The molecule has 0 unspecified atom stereocenters. The lowest BCUT2D eigenvalue weighted by atomic mass is 10.1. The Morgan fingerprint density at radius 1 is 0.733 bits per heavy atom. The number of nitrogens with one attached hydrogen (secondary N) is 1. The van der Waals surface area contributed by atoms with Gasteiger partial charge in [-0.1, -0.05) is 46.5 Å². The number of anilines is 2. The minimum atomic E-state index is -0.987. The third-order valence-electron chi connectivity index (χ3n) is 5.13. The Morgan fingerprint density at radius 2 is 1.18 bits per heavy atom. The highest BCUT2D eigenvalue weighted by Crippen LogP contribution is 2.39. The summed E-state index contributed by atoms with van der Waals surface area (Å²) in [6.07, 6.45) is 0. The predicted molar refractivity (Wildman–Crippen MR) is 167 cm³/mol. The quantitative estimate of drug-likeness (QED) is 0.127. The van der Waals surface area contributed by atoms with Crippen LogP contribution < -0.4 is 11.1 Å². The van der Waals surface area contributed by atoms with E-state index in [9.17, 15) is 50.0 Å². The number of aromatic carboxylic acids is 1. The van der Waals surface area contributed by atoms with Gasteiger partial charge in [0.2, 0.25) is 0 Å². The maximum atomic E-state index is 12.2.